The molecule has 1 aliphatic heterocycles. The van der Waals surface area contributed by atoms with Gasteiger partial charge in [0, 0.05) is 18.2 Å². The van der Waals surface area contributed by atoms with Crippen molar-refractivity contribution in [1.29, 1.82) is 0 Å². The van der Waals surface area contributed by atoms with E-state index in [0.29, 0.717) is 18.5 Å². The first-order valence-corrected chi connectivity index (χ1v) is 6.80. The van der Waals surface area contributed by atoms with Crippen LogP contribution in [-0.4, -0.2) is 29.0 Å². The van der Waals surface area contributed by atoms with E-state index in [-0.39, 0.29) is 17.6 Å². The highest BCUT2D eigenvalue weighted by Gasteiger charge is 2.18. The molecular formula is C17H17NO3. The van der Waals surface area contributed by atoms with E-state index in [1.807, 2.05) is 19.1 Å². The molecule has 0 saturated heterocycles. The van der Waals surface area contributed by atoms with Crippen LogP contribution >= 0.6 is 0 Å². The molecule has 0 radical (unpaired) electrons. The number of imide groups is 1. The Bertz CT molecular complexity index is 656. The standard InChI is InChI=1S/C17H17NO3/c1-12-6-7-14(11-15(12)13(2)19)8-9-17(21)18-10-4-3-5-16(18)20/h3,5-9,11H,4,10H2,1-2H3/b9-8+. The Kier molecular flexibility index (Phi) is 4.48. The van der Waals surface area contributed by atoms with Crippen molar-refractivity contribution < 1.29 is 14.4 Å². The lowest BCUT2D eigenvalue weighted by Gasteiger charge is -2.19. The topological polar surface area (TPSA) is 54.5 Å². The van der Waals surface area contributed by atoms with Gasteiger partial charge in [-0.3, -0.25) is 19.3 Å². The third-order valence-electron chi connectivity index (χ3n) is 3.37. The first-order valence-electron chi connectivity index (χ1n) is 6.80. The van der Waals surface area contributed by atoms with Crippen LogP contribution in [0.4, 0.5) is 0 Å². The number of carbonyl (C=O) groups is 3. The monoisotopic (exact) mass is 283 g/mol. The Morgan fingerprint density at radius 1 is 1.29 bits per heavy atom. The molecule has 4 heteroatoms. The van der Waals surface area contributed by atoms with E-state index >= 15 is 0 Å². The average Bonchev–Trinajstić information content (AvgIpc) is 2.46. The maximum Gasteiger partial charge on any atom is 0.253 e. The smallest absolute Gasteiger partial charge is 0.253 e. The van der Waals surface area contributed by atoms with Gasteiger partial charge in [0.05, 0.1) is 0 Å². The lowest BCUT2D eigenvalue weighted by molar-refractivity contribution is -0.139. The van der Waals surface area contributed by atoms with Gasteiger partial charge in [0.2, 0.25) is 0 Å². The second-order valence-electron chi connectivity index (χ2n) is 4.98. The minimum Gasteiger partial charge on any atom is -0.295 e. The van der Waals surface area contributed by atoms with Crippen LogP contribution in [0.1, 0.15) is 34.8 Å². The highest BCUT2D eigenvalue weighted by Crippen LogP contribution is 2.14. The molecule has 0 atom stereocenters. The number of Topliss-reactive ketones (excluding diaryl/α,β-unsaturated/α-hetero) is 1. The summed E-state index contributed by atoms with van der Waals surface area (Å²) in [6, 6.07) is 5.43. The van der Waals surface area contributed by atoms with E-state index in [1.165, 1.54) is 24.0 Å². The van der Waals surface area contributed by atoms with Crippen LogP contribution in [0.25, 0.3) is 6.08 Å². The highest BCUT2D eigenvalue weighted by atomic mass is 16.2. The zero-order valence-electron chi connectivity index (χ0n) is 12.1. The molecule has 0 fully saturated rings. The summed E-state index contributed by atoms with van der Waals surface area (Å²) in [7, 11) is 0. The molecule has 2 amide bonds. The maximum absolute atomic E-state index is 12.0. The molecule has 0 spiro atoms. The van der Waals surface area contributed by atoms with Gasteiger partial charge in [-0.05, 0) is 49.6 Å². The van der Waals surface area contributed by atoms with Gasteiger partial charge < -0.3 is 0 Å². The third-order valence-corrected chi connectivity index (χ3v) is 3.37. The van der Waals surface area contributed by atoms with Crippen molar-refractivity contribution in [3.05, 3.63) is 53.1 Å². The van der Waals surface area contributed by atoms with E-state index in [4.69, 9.17) is 0 Å². The van der Waals surface area contributed by atoms with Crippen LogP contribution in [-0.2, 0) is 9.59 Å². The molecule has 0 N–H and O–H groups in total. The molecule has 0 unspecified atom stereocenters. The maximum atomic E-state index is 12.0. The number of rotatable bonds is 3. The summed E-state index contributed by atoms with van der Waals surface area (Å²) < 4.78 is 0. The molecule has 0 aromatic heterocycles. The van der Waals surface area contributed by atoms with Gasteiger partial charge >= 0.3 is 0 Å². The average molecular weight is 283 g/mol. The van der Waals surface area contributed by atoms with Gasteiger partial charge in [-0.1, -0.05) is 18.2 Å². The van der Waals surface area contributed by atoms with Crippen LogP contribution in [0.2, 0.25) is 0 Å². The van der Waals surface area contributed by atoms with Crippen LogP contribution < -0.4 is 0 Å². The molecule has 1 aromatic carbocycles. The van der Waals surface area contributed by atoms with Gasteiger partial charge in [-0.15, -0.1) is 0 Å². The normalized spacial score (nSPS) is 14.8. The van der Waals surface area contributed by atoms with Crippen molar-refractivity contribution in [2.24, 2.45) is 0 Å². The van der Waals surface area contributed by atoms with Crippen molar-refractivity contribution in [2.75, 3.05) is 6.54 Å². The predicted octanol–water partition coefficient (Wildman–Crippen LogP) is 2.53. The zero-order chi connectivity index (χ0) is 15.4. The Morgan fingerprint density at radius 2 is 2.05 bits per heavy atom. The lowest BCUT2D eigenvalue weighted by Crippen LogP contribution is -2.37. The zero-order valence-corrected chi connectivity index (χ0v) is 12.1. The number of ketones is 1. The lowest BCUT2D eigenvalue weighted by atomic mass is 10.0. The second kappa shape index (κ2) is 6.31. The number of aryl methyl sites for hydroxylation is 1. The van der Waals surface area contributed by atoms with E-state index in [2.05, 4.69) is 0 Å². The molecule has 21 heavy (non-hydrogen) atoms. The summed E-state index contributed by atoms with van der Waals surface area (Å²) in [5, 5.41) is 0. The van der Waals surface area contributed by atoms with E-state index < -0.39 is 0 Å². The fourth-order valence-electron chi connectivity index (χ4n) is 2.19. The molecule has 1 aromatic rings. The third kappa shape index (κ3) is 3.54. The number of hydrogen-bond donors (Lipinski definition) is 0. The minimum absolute atomic E-state index is 0.00887. The molecule has 0 saturated carbocycles. The number of amides is 2. The first kappa shape index (κ1) is 14.9. The van der Waals surface area contributed by atoms with Gasteiger partial charge in [-0.2, -0.15) is 0 Å². The quantitative estimate of drug-likeness (QED) is 0.632. The van der Waals surface area contributed by atoms with E-state index in [9.17, 15) is 14.4 Å². The van der Waals surface area contributed by atoms with Gasteiger partial charge in [0.25, 0.3) is 11.8 Å². The van der Waals surface area contributed by atoms with Crippen molar-refractivity contribution >= 4 is 23.7 Å². The number of carbonyl (C=O) groups excluding carboxylic acids is 3. The highest BCUT2D eigenvalue weighted by molar-refractivity contribution is 6.07. The molecular weight excluding hydrogens is 266 g/mol. The summed E-state index contributed by atoms with van der Waals surface area (Å²) in [5.74, 6) is -0.635. The molecule has 0 bridgehead atoms. The van der Waals surface area contributed by atoms with E-state index in [0.717, 1.165) is 11.1 Å². The molecule has 4 nitrogen and oxygen atoms in total. The number of nitrogens with zero attached hydrogens (tertiary/aromatic N) is 1. The summed E-state index contributed by atoms with van der Waals surface area (Å²) in [5.41, 5.74) is 2.31. The van der Waals surface area contributed by atoms with Crippen molar-refractivity contribution in [3.8, 4) is 0 Å². The summed E-state index contributed by atoms with van der Waals surface area (Å²) in [4.78, 5) is 36.3. The largest absolute Gasteiger partial charge is 0.295 e. The van der Waals surface area contributed by atoms with Gasteiger partial charge in [0.15, 0.2) is 5.78 Å². The van der Waals surface area contributed by atoms with Crippen LogP contribution in [0.5, 0.6) is 0 Å². The summed E-state index contributed by atoms with van der Waals surface area (Å²) >= 11 is 0. The Morgan fingerprint density at radius 3 is 2.71 bits per heavy atom. The van der Waals surface area contributed by atoms with Crippen LogP contribution in [0, 0.1) is 6.92 Å². The Balaban J connectivity index is 2.16. The Hall–Kier alpha value is -2.49. The number of benzene rings is 1. The van der Waals surface area contributed by atoms with Crippen molar-refractivity contribution in [3.63, 3.8) is 0 Å². The SMILES string of the molecule is CC(=O)c1cc(/C=C/C(=O)N2CCC=CC2=O)ccc1C. The fourth-order valence-corrected chi connectivity index (χ4v) is 2.19. The van der Waals surface area contributed by atoms with E-state index in [1.54, 1.807) is 18.2 Å². The molecule has 2 rings (SSSR count). The number of hydrogen-bond acceptors (Lipinski definition) is 3. The molecule has 108 valence electrons. The van der Waals surface area contributed by atoms with Crippen molar-refractivity contribution in [2.45, 2.75) is 20.3 Å². The summed E-state index contributed by atoms with van der Waals surface area (Å²) in [6.07, 6.45) is 6.85. The predicted molar refractivity (Wildman–Crippen MR) is 80.7 cm³/mol. The molecule has 0 aliphatic carbocycles. The van der Waals surface area contributed by atoms with Crippen LogP contribution in [0.15, 0.2) is 36.4 Å². The van der Waals surface area contributed by atoms with Gasteiger partial charge in [-0.25, -0.2) is 0 Å². The fraction of sp³-hybridized carbons (Fsp3) is 0.235. The first-order chi connectivity index (χ1) is 9.99. The van der Waals surface area contributed by atoms with Crippen LogP contribution in [0.3, 0.4) is 0 Å². The molecule has 1 aliphatic rings. The second-order valence-corrected chi connectivity index (χ2v) is 4.98. The minimum atomic E-state index is -0.339. The Labute approximate surface area is 123 Å². The summed E-state index contributed by atoms with van der Waals surface area (Å²) in [6.45, 7) is 3.79. The van der Waals surface area contributed by atoms with Crippen molar-refractivity contribution in [1.82, 2.24) is 4.90 Å². The van der Waals surface area contributed by atoms with Gasteiger partial charge in [0.1, 0.15) is 0 Å². The molecule has 1 heterocycles.